The highest BCUT2D eigenvalue weighted by molar-refractivity contribution is 5.93. The zero-order chi connectivity index (χ0) is 16.0. The summed E-state index contributed by atoms with van der Waals surface area (Å²) in [6.07, 6.45) is 4.93. The summed E-state index contributed by atoms with van der Waals surface area (Å²) in [5.74, 6) is -0.137. The molecular weight excluding hydrogens is 272 g/mol. The van der Waals surface area contributed by atoms with Crippen molar-refractivity contribution in [1.29, 1.82) is 0 Å². The van der Waals surface area contributed by atoms with Crippen LogP contribution < -0.4 is 11.1 Å². The average Bonchev–Trinajstić information content (AvgIpc) is 2.87. The Morgan fingerprint density at radius 2 is 2.19 bits per heavy atom. The van der Waals surface area contributed by atoms with Crippen LogP contribution in [0.2, 0.25) is 0 Å². The van der Waals surface area contributed by atoms with Crippen LogP contribution in [0.15, 0.2) is 12.5 Å². The molecule has 1 unspecified atom stereocenters. The van der Waals surface area contributed by atoms with Gasteiger partial charge in [0.25, 0.3) is 0 Å². The molecule has 0 bridgehead atoms. The first-order valence-corrected chi connectivity index (χ1v) is 6.98. The first kappa shape index (κ1) is 17.2. The molecule has 0 fully saturated rings. The van der Waals surface area contributed by atoms with Crippen LogP contribution in [-0.2, 0) is 19.9 Å². The number of carbonyl (C=O) groups is 2. The van der Waals surface area contributed by atoms with Gasteiger partial charge in [-0.15, -0.1) is 0 Å². The van der Waals surface area contributed by atoms with Crippen LogP contribution in [0.5, 0.6) is 0 Å². The molecule has 0 radical (unpaired) electrons. The third-order valence-electron chi connectivity index (χ3n) is 3.27. The predicted molar refractivity (Wildman–Crippen MR) is 79.7 cm³/mol. The van der Waals surface area contributed by atoms with E-state index in [2.05, 4.69) is 15.0 Å². The normalized spacial score (nSPS) is 12.8. The molecule has 0 saturated carbocycles. The highest BCUT2D eigenvalue weighted by atomic mass is 16.5. The van der Waals surface area contributed by atoms with E-state index in [1.54, 1.807) is 17.1 Å². The van der Waals surface area contributed by atoms with Crippen LogP contribution in [-0.4, -0.2) is 34.6 Å². The van der Waals surface area contributed by atoms with E-state index in [0.29, 0.717) is 12.2 Å². The maximum absolute atomic E-state index is 11.8. The van der Waals surface area contributed by atoms with E-state index in [1.165, 1.54) is 7.11 Å². The monoisotopic (exact) mass is 296 g/mol. The van der Waals surface area contributed by atoms with Crippen molar-refractivity contribution in [2.24, 2.45) is 5.73 Å². The van der Waals surface area contributed by atoms with Crippen LogP contribution in [0.1, 0.15) is 40.0 Å². The van der Waals surface area contributed by atoms with Crippen LogP contribution in [0, 0.1) is 0 Å². The van der Waals surface area contributed by atoms with Gasteiger partial charge in [0, 0.05) is 6.20 Å². The number of amides is 1. The maximum Gasteiger partial charge on any atom is 0.307 e. The van der Waals surface area contributed by atoms with Gasteiger partial charge in [-0.2, -0.15) is 0 Å². The molecule has 118 valence electrons. The summed E-state index contributed by atoms with van der Waals surface area (Å²) in [6, 6.07) is -0.539. The first-order chi connectivity index (χ1) is 9.80. The van der Waals surface area contributed by atoms with E-state index in [9.17, 15) is 9.59 Å². The zero-order valence-electron chi connectivity index (χ0n) is 13.0. The van der Waals surface area contributed by atoms with E-state index >= 15 is 0 Å². The Labute approximate surface area is 124 Å². The largest absolute Gasteiger partial charge is 0.469 e. The van der Waals surface area contributed by atoms with Crippen molar-refractivity contribution in [1.82, 2.24) is 9.55 Å². The Hall–Kier alpha value is -1.89. The summed E-state index contributed by atoms with van der Waals surface area (Å²) in [5, 5.41) is 2.67. The second-order valence-corrected chi connectivity index (χ2v) is 5.62. The van der Waals surface area contributed by atoms with Crippen LogP contribution >= 0.6 is 0 Å². The minimum atomic E-state index is -0.539. The van der Waals surface area contributed by atoms with E-state index in [0.717, 1.165) is 6.42 Å². The van der Waals surface area contributed by atoms with Crippen LogP contribution in [0.4, 0.5) is 5.82 Å². The van der Waals surface area contributed by atoms with Crippen molar-refractivity contribution in [2.75, 3.05) is 12.4 Å². The predicted octanol–water partition coefficient (Wildman–Crippen LogP) is 1.25. The number of nitrogens with zero attached hydrogens (tertiary/aromatic N) is 2. The molecule has 21 heavy (non-hydrogen) atoms. The summed E-state index contributed by atoms with van der Waals surface area (Å²) in [4.78, 5) is 27.4. The highest BCUT2D eigenvalue weighted by Crippen LogP contribution is 2.21. The van der Waals surface area contributed by atoms with Gasteiger partial charge >= 0.3 is 5.97 Å². The molecule has 0 spiro atoms. The summed E-state index contributed by atoms with van der Waals surface area (Å²) >= 11 is 0. The minimum absolute atomic E-state index is 0.211. The molecule has 1 heterocycles. The lowest BCUT2D eigenvalue weighted by molar-refractivity contribution is -0.142. The summed E-state index contributed by atoms with van der Waals surface area (Å²) in [7, 11) is 1.35. The molecule has 3 N–H and O–H groups in total. The molecule has 1 aromatic rings. The number of aromatic nitrogens is 2. The van der Waals surface area contributed by atoms with Crippen molar-refractivity contribution >= 4 is 17.7 Å². The minimum Gasteiger partial charge on any atom is -0.469 e. The lowest BCUT2D eigenvalue weighted by Crippen LogP contribution is -2.35. The number of nitrogens with one attached hydrogen (secondary N) is 1. The number of hydrogen-bond donors (Lipinski definition) is 2. The fourth-order valence-electron chi connectivity index (χ4n) is 1.90. The summed E-state index contributed by atoms with van der Waals surface area (Å²) < 4.78 is 6.45. The smallest absolute Gasteiger partial charge is 0.307 e. The van der Waals surface area contributed by atoms with Gasteiger partial charge in [0.2, 0.25) is 5.91 Å². The summed E-state index contributed by atoms with van der Waals surface area (Å²) in [5.41, 5.74) is 5.25. The van der Waals surface area contributed by atoms with Crippen molar-refractivity contribution in [3.8, 4) is 0 Å². The van der Waals surface area contributed by atoms with Gasteiger partial charge in [-0.1, -0.05) is 13.3 Å². The standard InChI is InChI=1S/C14H24N4O3/c1-5-6-10(15)13(20)17-11-8-18(9-16-11)14(2,3)7-12(19)21-4/h8-10H,5-7,15H2,1-4H3,(H,17,20). The molecule has 0 saturated heterocycles. The number of rotatable bonds is 7. The van der Waals surface area contributed by atoms with Gasteiger partial charge in [-0.05, 0) is 20.3 Å². The topological polar surface area (TPSA) is 99.2 Å². The van der Waals surface area contributed by atoms with Crippen molar-refractivity contribution in [2.45, 2.75) is 51.6 Å². The van der Waals surface area contributed by atoms with Crippen molar-refractivity contribution < 1.29 is 14.3 Å². The Kier molecular flexibility index (Phi) is 5.90. The fourth-order valence-corrected chi connectivity index (χ4v) is 1.90. The quantitative estimate of drug-likeness (QED) is 0.738. The Balaban J connectivity index is 2.72. The van der Waals surface area contributed by atoms with Gasteiger partial charge in [-0.25, -0.2) is 4.98 Å². The molecule has 0 aliphatic carbocycles. The van der Waals surface area contributed by atoms with Gasteiger partial charge in [0.1, 0.15) is 0 Å². The van der Waals surface area contributed by atoms with E-state index in [1.807, 2.05) is 20.8 Å². The average molecular weight is 296 g/mol. The molecule has 1 atom stereocenters. The van der Waals surface area contributed by atoms with E-state index in [4.69, 9.17) is 5.73 Å². The molecule has 1 rings (SSSR count). The second kappa shape index (κ2) is 7.21. The number of imidazole rings is 1. The number of carbonyl (C=O) groups excluding carboxylic acids is 2. The summed E-state index contributed by atoms with van der Waals surface area (Å²) in [6.45, 7) is 5.75. The van der Waals surface area contributed by atoms with Gasteiger partial charge < -0.3 is 20.4 Å². The van der Waals surface area contributed by atoms with E-state index in [-0.39, 0.29) is 18.3 Å². The van der Waals surface area contributed by atoms with Crippen molar-refractivity contribution in [3.05, 3.63) is 12.5 Å². The molecule has 0 aliphatic rings. The molecule has 1 aromatic heterocycles. The maximum atomic E-state index is 11.8. The van der Waals surface area contributed by atoms with E-state index < -0.39 is 11.6 Å². The third kappa shape index (κ3) is 4.86. The zero-order valence-corrected chi connectivity index (χ0v) is 13.0. The highest BCUT2D eigenvalue weighted by Gasteiger charge is 2.25. The number of hydrogen-bond acceptors (Lipinski definition) is 5. The molecule has 7 heteroatoms. The Bertz CT molecular complexity index is 496. The number of ether oxygens (including phenoxy) is 1. The Morgan fingerprint density at radius 3 is 2.76 bits per heavy atom. The SMILES string of the molecule is CCCC(N)C(=O)Nc1cn(C(C)(C)CC(=O)OC)cn1. The molecule has 1 amide bonds. The lowest BCUT2D eigenvalue weighted by Gasteiger charge is -2.24. The van der Waals surface area contributed by atoms with Gasteiger partial charge in [-0.3, -0.25) is 9.59 Å². The van der Waals surface area contributed by atoms with Gasteiger partial charge in [0.05, 0.1) is 31.4 Å². The van der Waals surface area contributed by atoms with Gasteiger partial charge in [0.15, 0.2) is 5.82 Å². The number of esters is 1. The number of nitrogens with two attached hydrogens (primary N) is 1. The van der Waals surface area contributed by atoms with Crippen LogP contribution in [0.25, 0.3) is 0 Å². The van der Waals surface area contributed by atoms with Crippen molar-refractivity contribution in [3.63, 3.8) is 0 Å². The lowest BCUT2D eigenvalue weighted by atomic mass is 10.0. The second-order valence-electron chi connectivity index (χ2n) is 5.62. The number of anilines is 1. The Morgan fingerprint density at radius 1 is 1.52 bits per heavy atom. The third-order valence-corrected chi connectivity index (χ3v) is 3.27. The first-order valence-electron chi connectivity index (χ1n) is 6.98. The van der Waals surface area contributed by atoms with Crippen LogP contribution in [0.3, 0.4) is 0 Å². The molecule has 0 aromatic carbocycles. The molecular formula is C14H24N4O3. The molecule has 7 nitrogen and oxygen atoms in total. The molecule has 0 aliphatic heterocycles. The number of methoxy groups -OCH3 is 1. The fraction of sp³-hybridized carbons (Fsp3) is 0.643.